The Kier molecular flexibility index (Phi) is 6.66. The Morgan fingerprint density at radius 1 is 1.37 bits per heavy atom. The van der Waals surface area contributed by atoms with E-state index in [0.717, 1.165) is 4.88 Å². The van der Waals surface area contributed by atoms with Crippen LogP contribution in [0.5, 0.6) is 0 Å². The molecule has 1 rings (SSSR count). The Morgan fingerprint density at radius 2 is 2.00 bits per heavy atom. The SMILES string of the molecule is CCOP(=O)(OCC)/C(=C\c1cccs1)CC(C)=O. The van der Waals surface area contributed by atoms with Crippen LogP contribution in [0.25, 0.3) is 6.08 Å². The lowest BCUT2D eigenvalue weighted by Crippen LogP contribution is -2.02. The quantitative estimate of drug-likeness (QED) is 0.670. The molecule has 0 aliphatic rings. The summed E-state index contributed by atoms with van der Waals surface area (Å²) in [6, 6.07) is 3.79. The van der Waals surface area contributed by atoms with Gasteiger partial charge < -0.3 is 9.05 Å². The van der Waals surface area contributed by atoms with Gasteiger partial charge in [-0.2, -0.15) is 0 Å². The second-order valence-electron chi connectivity index (χ2n) is 3.86. The van der Waals surface area contributed by atoms with Crippen LogP contribution in [-0.2, 0) is 18.4 Å². The van der Waals surface area contributed by atoms with E-state index in [-0.39, 0.29) is 25.4 Å². The van der Waals surface area contributed by atoms with Gasteiger partial charge in [-0.25, -0.2) is 0 Å². The normalized spacial score (nSPS) is 12.7. The van der Waals surface area contributed by atoms with Crippen LogP contribution in [0, 0.1) is 0 Å². The summed E-state index contributed by atoms with van der Waals surface area (Å²) >= 11 is 1.51. The fourth-order valence-corrected chi connectivity index (χ4v) is 4.13. The summed E-state index contributed by atoms with van der Waals surface area (Å²) in [6.07, 6.45) is 1.81. The highest BCUT2D eigenvalue weighted by atomic mass is 32.1. The summed E-state index contributed by atoms with van der Waals surface area (Å²) in [5.74, 6) is -0.0672. The molecule has 1 heterocycles. The molecule has 0 unspecified atom stereocenters. The predicted octanol–water partition coefficient (Wildman–Crippen LogP) is 4.33. The average Bonchev–Trinajstić information content (AvgIpc) is 2.81. The largest absolute Gasteiger partial charge is 0.357 e. The van der Waals surface area contributed by atoms with Gasteiger partial charge in [0.2, 0.25) is 0 Å². The van der Waals surface area contributed by atoms with E-state index in [1.807, 2.05) is 17.5 Å². The van der Waals surface area contributed by atoms with E-state index in [2.05, 4.69) is 0 Å². The van der Waals surface area contributed by atoms with Gasteiger partial charge in [-0.15, -0.1) is 11.3 Å². The molecule has 4 nitrogen and oxygen atoms in total. The van der Waals surface area contributed by atoms with Gasteiger partial charge >= 0.3 is 7.60 Å². The fourth-order valence-electron chi connectivity index (χ4n) is 1.56. The first-order chi connectivity index (χ1) is 9.01. The molecule has 0 aromatic carbocycles. The minimum atomic E-state index is -3.38. The number of carbonyl (C=O) groups excluding carboxylic acids is 1. The summed E-state index contributed by atoms with van der Waals surface area (Å²) in [4.78, 5) is 12.3. The van der Waals surface area contributed by atoms with E-state index < -0.39 is 7.60 Å². The van der Waals surface area contributed by atoms with Crippen molar-refractivity contribution in [2.24, 2.45) is 0 Å². The van der Waals surface area contributed by atoms with Crippen molar-refractivity contribution in [1.29, 1.82) is 0 Å². The molecular weight excluding hydrogens is 283 g/mol. The molecule has 0 aliphatic heterocycles. The third-order valence-corrected chi connectivity index (χ3v) is 5.24. The minimum absolute atomic E-state index is 0.0672. The second kappa shape index (κ2) is 7.75. The Bertz CT molecular complexity index is 469. The molecule has 106 valence electrons. The molecule has 0 saturated heterocycles. The maximum Gasteiger partial charge on any atom is 0.357 e. The van der Waals surface area contributed by atoms with Gasteiger partial charge in [0, 0.05) is 11.3 Å². The van der Waals surface area contributed by atoms with Crippen molar-refractivity contribution < 1.29 is 18.4 Å². The molecule has 1 aromatic heterocycles. The molecule has 0 N–H and O–H groups in total. The number of carbonyl (C=O) groups is 1. The van der Waals surface area contributed by atoms with Gasteiger partial charge in [0.15, 0.2) is 0 Å². The van der Waals surface area contributed by atoms with Gasteiger partial charge in [-0.05, 0) is 38.3 Å². The first kappa shape index (κ1) is 16.3. The van der Waals surface area contributed by atoms with Crippen molar-refractivity contribution in [2.45, 2.75) is 27.2 Å². The number of hydrogen-bond acceptors (Lipinski definition) is 5. The first-order valence-electron chi connectivity index (χ1n) is 6.15. The fraction of sp³-hybridized carbons (Fsp3) is 0.462. The van der Waals surface area contributed by atoms with Gasteiger partial charge in [0.25, 0.3) is 0 Å². The lowest BCUT2D eigenvalue weighted by molar-refractivity contribution is -0.116. The molecule has 19 heavy (non-hydrogen) atoms. The van der Waals surface area contributed by atoms with Gasteiger partial charge in [-0.1, -0.05) is 6.07 Å². The Hall–Kier alpha value is -0.740. The maximum atomic E-state index is 12.7. The van der Waals surface area contributed by atoms with Crippen LogP contribution in [0.1, 0.15) is 32.1 Å². The number of allylic oxidation sites excluding steroid dienone is 1. The van der Waals surface area contributed by atoms with Crippen molar-refractivity contribution in [1.82, 2.24) is 0 Å². The predicted molar refractivity (Wildman–Crippen MR) is 78.5 cm³/mol. The molecule has 0 bridgehead atoms. The minimum Gasteiger partial charge on any atom is -0.306 e. The van der Waals surface area contributed by atoms with E-state index >= 15 is 0 Å². The Balaban J connectivity index is 3.13. The zero-order chi connectivity index (χ0) is 14.3. The first-order valence-corrected chi connectivity index (χ1v) is 8.57. The number of hydrogen-bond donors (Lipinski definition) is 0. The van der Waals surface area contributed by atoms with Crippen molar-refractivity contribution >= 4 is 30.8 Å². The lowest BCUT2D eigenvalue weighted by atomic mass is 10.3. The van der Waals surface area contributed by atoms with Gasteiger partial charge in [-0.3, -0.25) is 9.36 Å². The Labute approximate surface area is 118 Å². The highest BCUT2D eigenvalue weighted by Crippen LogP contribution is 2.58. The van der Waals surface area contributed by atoms with Crippen LogP contribution >= 0.6 is 18.9 Å². The zero-order valence-electron chi connectivity index (χ0n) is 11.4. The van der Waals surface area contributed by atoms with E-state index in [1.54, 1.807) is 19.9 Å². The number of thiophene rings is 1. The van der Waals surface area contributed by atoms with Crippen LogP contribution in [0.15, 0.2) is 22.8 Å². The highest BCUT2D eigenvalue weighted by Gasteiger charge is 2.30. The van der Waals surface area contributed by atoms with Crippen LogP contribution < -0.4 is 0 Å². The van der Waals surface area contributed by atoms with Gasteiger partial charge in [0.05, 0.1) is 18.5 Å². The van der Waals surface area contributed by atoms with Crippen molar-refractivity contribution in [2.75, 3.05) is 13.2 Å². The van der Waals surface area contributed by atoms with Crippen LogP contribution in [0.2, 0.25) is 0 Å². The van der Waals surface area contributed by atoms with E-state index in [9.17, 15) is 9.36 Å². The molecule has 0 atom stereocenters. The summed E-state index contributed by atoms with van der Waals surface area (Å²) in [6.45, 7) is 5.52. The standard InChI is InChI=1S/C13H19O4PS/c1-4-16-18(15,17-5-2)12(9-11(3)14)10-13-7-6-8-19-13/h6-8,10H,4-5,9H2,1-3H3/b12-10-. The third kappa shape index (κ3) is 5.03. The monoisotopic (exact) mass is 302 g/mol. The summed E-state index contributed by atoms with van der Waals surface area (Å²) in [5.41, 5.74) is 0. The molecule has 0 fully saturated rings. The van der Waals surface area contributed by atoms with Crippen molar-refractivity contribution in [3.63, 3.8) is 0 Å². The van der Waals surface area contributed by atoms with Crippen LogP contribution in [0.4, 0.5) is 0 Å². The third-order valence-electron chi connectivity index (χ3n) is 2.23. The molecule has 6 heteroatoms. The van der Waals surface area contributed by atoms with Crippen molar-refractivity contribution in [3.8, 4) is 0 Å². The molecule has 0 saturated carbocycles. The van der Waals surface area contributed by atoms with Gasteiger partial charge in [0.1, 0.15) is 5.78 Å². The Morgan fingerprint density at radius 3 is 2.42 bits per heavy atom. The molecule has 0 radical (unpaired) electrons. The van der Waals surface area contributed by atoms with Crippen molar-refractivity contribution in [3.05, 3.63) is 27.7 Å². The number of Topliss-reactive ketones (excluding diaryl/α,β-unsaturated/α-hetero) is 1. The zero-order valence-corrected chi connectivity index (χ0v) is 13.1. The maximum absolute atomic E-state index is 12.7. The number of rotatable bonds is 8. The smallest absolute Gasteiger partial charge is 0.306 e. The summed E-state index contributed by atoms with van der Waals surface area (Å²) < 4.78 is 23.3. The molecular formula is C13H19O4PS. The summed E-state index contributed by atoms with van der Waals surface area (Å²) in [7, 11) is -3.38. The molecule has 1 aromatic rings. The average molecular weight is 302 g/mol. The molecule has 0 spiro atoms. The highest BCUT2D eigenvalue weighted by molar-refractivity contribution is 7.58. The van der Waals surface area contributed by atoms with Crippen LogP contribution in [0.3, 0.4) is 0 Å². The molecule has 0 aliphatic carbocycles. The summed E-state index contributed by atoms with van der Waals surface area (Å²) in [5, 5.41) is 2.34. The van der Waals surface area contributed by atoms with Crippen LogP contribution in [-0.4, -0.2) is 19.0 Å². The number of ketones is 1. The van der Waals surface area contributed by atoms with E-state index in [4.69, 9.17) is 9.05 Å². The van der Waals surface area contributed by atoms with E-state index in [1.165, 1.54) is 18.3 Å². The molecule has 0 amide bonds. The topological polar surface area (TPSA) is 52.6 Å². The second-order valence-corrected chi connectivity index (χ2v) is 6.93. The van der Waals surface area contributed by atoms with E-state index in [0.29, 0.717) is 5.31 Å². The lowest BCUT2D eigenvalue weighted by Gasteiger charge is -2.19.